The molecule has 29 heavy (non-hydrogen) atoms. The number of likely N-dealkylation sites (tertiary alicyclic amines) is 1. The van der Waals surface area contributed by atoms with Gasteiger partial charge in [0.05, 0.1) is 12.0 Å². The average Bonchev–Trinajstić information content (AvgIpc) is 2.70. The van der Waals surface area contributed by atoms with Crippen LogP contribution in [0.3, 0.4) is 0 Å². The summed E-state index contributed by atoms with van der Waals surface area (Å²) in [6, 6.07) is 6.74. The number of urea groups is 1. The SMILES string of the molecule is CC1[C@@H](CCCc2ccccc2)C(=O)N1C(=O)NC(C1CCCCC1)C(F)(F)F. The van der Waals surface area contributed by atoms with Crippen molar-refractivity contribution >= 4 is 11.9 Å². The molecule has 1 saturated carbocycles. The molecule has 0 spiro atoms. The van der Waals surface area contributed by atoms with E-state index < -0.39 is 24.2 Å². The van der Waals surface area contributed by atoms with Gasteiger partial charge in [-0.1, -0.05) is 49.6 Å². The lowest BCUT2D eigenvalue weighted by molar-refractivity contribution is -0.170. The van der Waals surface area contributed by atoms with Gasteiger partial charge in [0, 0.05) is 0 Å². The number of hydrogen-bond donors (Lipinski definition) is 1. The van der Waals surface area contributed by atoms with Gasteiger partial charge in [-0.2, -0.15) is 13.2 Å². The Morgan fingerprint density at radius 2 is 1.83 bits per heavy atom. The molecule has 0 aromatic heterocycles. The van der Waals surface area contributed by atoms with Crippen molar-refractivity contribution in [3.8, 4) is 0 Å². The standard InChI is InChI=1S/C22H29F3N2O2/c1-15-18(14-8-11-16-9-4-2-5-10-16)20(28)27(15)21(29)26-19(22(23,24)25)17-12-6-3-7-13-17/h2,4-5,9-10,15,17-19H,3,6-8,11-14H2,1H3,(H,26,29)/t15?,18-,19?/m1/s1. The topological polar surface area (TPSA) is 49.4 Å². The maximum Gasteiger partial charge on any atom is 0.408 e. The van der Waals surface area contributed by atoms with Crippen LogP contribution in [0, 0.1) is 11.8 Å². The number of imide groups is 1. The van der Waals surface area contributed by atoms with Crippen LogP contribution in [-0.4, -0.2) is 35.1 Å². The summed E-state index contributed by atoms with van der Waals surface area (Å²) < 4.78 is 40.6. The molecule has 3 amide bonds. The number of carbonyl (C=O) groups is 2. The largest absolute Gasteiger partial charge is 0.408 e. The molecule has 3 atom stereocenters. The number of benzene rings is 1. The molecule has 4 nitrogen and oxygen atoms in total. The van der Waals surface area contributed by atoms with E-state index in [-0.39, 0.29) is 17.9 Å². The minimum atomic E-state index is -4.51. The number of nitrogens with zero attached hydrogens (tertiary/aromatic N) is 1. The third kappa shape index (κ3) is 5.11. The molecule has 1 aliphatic carbocycles. The number of halogens is 3. The Kier molecular flexibility index (Phi) is 6.85. The summed E-state index contributed by atoms with van der Waals surface area (Å²) >= 11 is 0. The third-order valence-corrected chi connectivity index (χ3v) is 6.34. The number of alkyl halides is 3. The predicted octanol–water partition coefficient (Wildman–Crippen LogP) is 5.08. The normalized spacial score (nSPS) is 24.1. The highest BCUT2D eigenvalue weighted by Crippen LogP contribution is 2.36. The van der Waals surface area contributed by atoms with Crippen molar-refractivity contribution in [3.05, 3.63) is 35.9 Å². The maximum atomic E-state index is 13.5. The molecule has 1 heterocycles. The first kappa shape index (κ1) is 21.7. The van der Waals surface area contributed by atoms with E-state index in [0.717, 1.165) is 37.0 Å². The Morgan fingerprint density at radius 3 is 2.41 bits per heavy atom. The zero-order valence-corrected chi connectivity index (χ0v) is 16.8. The van der Waals surface area contributed by atoms with Crippen molar-refractivity contribution in [2.24, 2.45) is 11.8 Å². The molecule has 1 aliphatic heterocycles. The fraction of sp³-hybridized carbons (Fsp3) is 0.636. The molecular formula is C22H29F3N2O2. The quantitative estimate of drug-likeness (QED) is 0.665. The first-order valence-electron chi connectivity index (χ1n) is 10.5. The lowest BCUT2D eigenvalue weighted by Crippen LogP contribution is -2.66. The fourth-order valence-electron chi connectivity index (χ4n) is 4.64. The Balaban J connectivity index is 1.53. The molecule has 1 aromatic rings. The number of carbonyl (C=O) groups excluding carboxylic acids is 2. The van der Waals surface area contributed by atoms with Crippen LogP contribution in [-0.2, 0) is 11.2 Å². The summed E-state index contributed by atoms with van der Waals surface area (Å²) in [6.07, 6.45) is 1.08. The van der Waals surface area contributed by atoms with Gasteiger partial charge in [0.25, 0.3) is 0 Å². The summed E-state index contributed by atoms with van der Waals surface area (Å²) in [6.45, 7) is 1.73. The summed E-state index contributed by atoms with van der Waals surface area (Å²) in [5.41, 5.74) is 1.18. The first-order valence-corrected chi connectivity index (χ1v) is 10.5. The van der Waals surface area contributed by atoms with Gasteiger partial charge in [-0.15, -0.1) is 0 Å². The van der Waals surface area contributed by atoms with E-state index in [1.54, 1.807) is 6.92 Å². The van der Waals surface area contributed by atoms with Crippen molar-refractivity contribution in [2.75, 3.05) is 0 Å². The van der Waals surface area contributed by atoms with Gasteiger partial charge in [-0.25, -0.2) is 4.79 Å². The highest BCUT2D eigenvalue weighted by atomic mass is 19.4. The molecule has 2 unspecified atom stereocenters. The van der Waals surface area contributed by atoms with Gasteiger partial charge < -0.3 is 5.32 Å². The zero-order valence-electron chi connectivity index (χ0n) is 16.8. The van der Waals surface area contributed by atoms with Gasteiger partial charge >= 0.3 is 12.2 Å². The maximum absolute atomic E-state index is 13.5. The second-order valence-electron chi connectivity index (χ2n) is 8.30. The minimum absolute atomic E-state index is 0.302. The molecule has 2 aliphatic rings. The third-order valence-electron chi connectivity index (χ3n) is 6.34. The van der Waals surface area contributed by atoms with Crippen LogP contribution in [0.15, 0.2) is 30.3 Å². The van der Waals surface area contributed by atoms with Crippen molar-refractivity contribution in [1.82, 2.24) is 10.2 Å². The lowest BCUT2D eigenvalue weighted by atomic mass is 9.83. The molecule has 1 aromatic carbocycles. The van der Waals surface area contributed by atoms with Gasteiger partial charge in [-0.05, 0) is 50.5 Å². The van der Waals surface area contributed by atoms with E-state index >= 15 is 0 Å². The molecule has 1 saturated heterocycles. The smallest absolute Gasteiger partial charge is 0.325 e. The Morgan fingerprint density at radius 1 is 1.17 bits per heavy atom. The van der Waals surface area contributed by atoms with Gasteiger partial charge in [0.1, 0.15) is 6.04 Å². The molecule has 0 radical (unpaired) electrons. The second-order valence-corrected chi connectivity index (χ2v) is 8.30. The van der Waals surface area contributed by atoms with Crippen molar-refractivity contribution < 1.29 is 22.8 Å². The molecule has 160 valence electrons. The van der Waals surface area contributed by atoms with Crippen LogP contribution in [0.5, 0.6) is 0 Å². The molecule has 1 N–H and O–H groups in total. The summed E-state index contributed by atoms with van der Waals surface area (Å²) in [5, 5.41) is 2.13. The van der Waals surface area contributed by atoms with Gasteiger partial charge in [0.15, 0.2) is 0 Å². The van der Waals surface area contributed by atoms with E-state index in [2.05, 4.69) is 5.32 Å². The van der Waals surface area contributed by atoms with Crippen molar-refractivity contribution in [2.45, 2.75) is 76.6 Å². The average molecular weight is 410 g/mol. The highest BCUT2D eigenvalue weighted by Gasteiger charge is 2.51. The number of nitrogens with one attached hydrogen (secondary N) is 1. The van der Waals surface area contributed by atoms with E-state index in [0.29, 0.717) is 19.3 Å². The number of amides is 3. The lowest BCUT2D eigenvalue weighted by Gasteiger charge is -2.45. The summed E-state index contributed by atoms with van der Waals surface area (Å²) in [5.74, 6) is -1.28. The van der Waals surface area contributed by atoms with Gasteiger partial charge in [0.2, 0.25) is 5.91 Å². The molecule has 2 fully saturated rings. The number of β-lactam (4-membered cyclic amide) rings is 1. The van der Waals surface area contributed by atoms with Crippen LogP contribution >= 0.6 is 0 Å². The predicted molar refractivity (Wildman–Crippen MR) is 104 cm³/mol. The number of aryl methyl sites for hydroxylation is 1. The van der Waals surface area contributed by atoms with Crippen LogP contribution in [0.4, 0.5) is 18.0 Å². The van der Waals surface area contributed by atoms with Crippen LogP contribution < -0.4 is 5.32 Å². The molecule has 3 rings (SSSR count). The fourth-order valence-corrected chi connectivity index (χ4v) is 4.64. The molecule has 0 bridgehead atoms. The Labute approximate surface area is 169 Å². The van der Waals surface area contributed by atoms with Crippen LogP contribution in [0.1, 0.15) is 57.4 Å². The second kappa shape index (κ2) is 9.18. The Bertz CT molecular complexity index is 702. The van der Waals surface area contributed by atoms with Gasteiger partial charge in [-0.3, -0.25) is 9.69 Å². The number of hydrogen-bond acceptors (Lipinski definition) is 2. The van der Waals surface area contributed by atoms with Crippen molar-refractivity contribution in [1.29, 1.82) is 0 Å². The minimum Gasteiger partial charge on any atom is -0.325 e. The van der Waals surface area contributed by atoms with E-state index in [9.17, 15) is 22.8 Å². The number of rotatable bonds is 6. The van der Waals surface area contributed by atoms with Crippen molar-refractivity contribution in [3.63, 3.8) is 0 Å². The highest BCUT2D eigenvalue weighted by molar-refractivity contribution is 6.01. The van der Waals surface area contributed by atoms with Crippen LogP contribution in [0.2, 0.25) is 0 Å². The molecular weight excluding hydrogens is 381 g/mol. The van der Waals surface area contributed by atoms with Crippen LogP contribution in [0.25, 0.3) is 0 Å². The monoisotopic (exact) mass is 410 g/mol. The van der Waals surface area contributed by atoms with E-state index in [4.69, 9.17) is 0 Å². The van der Waals surface area contributed by atoms with E-state index in [1.807, 2.05) is 30.3 Å². The Hall–Kier alpha value is -2.05. The zero-order chi connectivity index (χ0) is 21.0. The first-order chi connectivity index (χ1) is 13.8. The molecule has 7 heteroatoms. The van der Waals surface area contributed by atoms with E-state index in [1.165, 1.54) is 5.56 Å². The summed E-state index contributed by atoms with van der Waals surface area (Å²) in [4.78, 5) is 25.9. The summed E-state index contributed by atoms with van der Waals surface area (Å²) in [7, 11) is 0.